The molecule has 1 aromatic carbocycles. The lowest BCUT2D eigenvalue weighted by molar-refractivity contribution is 0.822. The first-order chi connectivity index (χ1) is 11.6. The normalized spacial score (nSPS) is 12.6. The molecule has 0 aliphatic heterocycles. The minimum atomic E-state index is -0.197. The average molecular weight is 355 g/mol. The molecule has 1 atom stereocenters. The second-order valence-corrected chi connectivity index (χ2v) is 7.68. The van der Waals surface area contributed by atoms with E-state index in [0.717, 1.165) is 31.8 Å². The van der Waals surface area contributed by atoms with Gasteiger partial charge in [0.25, 0.3) is 0 Å². The minimum absolute atomic E-state index is 0.197. The zero-order valence-corrected chi connectivity index (χ0v) is 15.0. The molecule has 3 aromatic heterocycles. The van der Waals surface area contributed by atoms with Gasteiger partial charge in [0.2, 0.25) is 4.96 Å². The van der Waals surface area contributed by atoms with Crippen molar-refractivity contribution in [1.29, 1.82) is 0 Å². The van der Waals surface area contributed by atoms with Crippen LogP contribution in [0, 0.1) is 0 Å². The number of benzene rings is 1. The Morgan fingerprint density at radius 1 is 1.21 bits per heavy atom. The van der Waals surface area contributed by atoms with Gasteiger partial charge in [0, 0.05) is 30.2 Å². The zero-order valence-electron chi connectivity index (χ0n) is 13.4. The summed E-state index contributed by atoms with van der Waals surface area (Å²) >= 11 is 3.19. The van der Waals surface area contributed by atoms with Crippen LogP contribution in [0.3, 0.4) is 0 Å². The summed E-state index contributed by atoms with van der Waals surface area (Å²) in [7, 11) is 4.07. The van der Waals surface area contributed by atoms with E-state index in [9.17, 15) is 0 Å². The van der Waals surface area contributed by atoms with Gasteiger partial charge in [0.05, 0.1) is 17.9 Å². The van der Waals surface area contributed by atoms with Crippen LogP contribution in [0.2, 0.25) is 0 Å². The lowest BCUT2D eigenvalue weighted by Gasteiger charge is -2.13. The summed E-state index contributed by atoms with van der Waals surface area (Å²) in [6.45, 7) is 0. The molecule has 1 unspecified atom stereocenters. The molecule has 0 fully saturated rings. The molecule has 7 heteroatoms. The third-order valence-corrected chi connectivity index (χ3v) is 5.84. The fourth-order valence-corrected chi connectivity index (χ4v) is 4.26. The van der Waals surface area contributed by atoms with Gasteiger partial charge >= 0.3 is 0 Å². The van der Waals surface area contributed by atoms with Crippen LogP contribution >= 0.6 is 22.7 Å². The van der Waals surface area contributed by atoms with Crippen LogP contribution in [0.25, 0.3) is 16.2 Å². The molecule has 0 saturated carbocycles. The first-order valence-electron chi connectivity index (χ1n) is 7.54. The number of nitrogens with two attached hydrogens (primary N) is 1. The molecule has 24 heavy (non-hydrogen) atoms. The highest BCUT2D eigenvalue weighted by atomic mass is 32.1. The van der Waals surface area contributed by atoms with Crippen molar-refractivity contribution in [3.8, 4) is 11.3 Å². The van der Waals surface area contributed by atoms with E-state index >= 15 is 0 Å². The molecular formula is C17H17N5S2. The third kappa shape index (κ3) is 2.60. The summed E-state index contributed by atoms with van der Waals surface area (Å²) in [4.78, 5) is 8.57. The predicted octanol–water partition coefficient (Wildman–Crippen LogP) is 3.63. The second-order valence-electron chi connectivity index (χ2n) is 5.72. The molecule has 0 spiro atoms. The summed E-state index contributed by atoms with van der Waals surface area (Å²) < 4.78 is 1.89. The van der Waals surface area contributed by atoms with Gasteiger partial charge in [-0.1, -0.05) is 29.5 Å². The number of hydrogen-bond acceptors (Lipinski definition) is 6. The van der Waals surface area contributed by atoms with Crippen molar-refractivity contribution < 1.29 is 0 Å². The molecule has 5 nitrogen and oxygen atoms in total. The van der Waals surface area contributed by atoms with Gasteiger partial charge < -0.3 is 10.6 Å². The molecule has 0 radical (unpaired) electrons. The van der Waals surface area contributed by atoms with E-state index in [1.165, 1.54) is 0 Å². The van der Waals surface area contributed by atoms with Crippen molar-refractivity contribution in [3.63, 3.8) is 0 Å². The fourth-order valence-electron chi connectivity index (χ4n) is 2.56. The Morgan fingerprint density at radius 2 is 2.08 bits per heavy atom. The van der Waals surface area contributed by atoms with Gasteiger partial charge in [0.15, 0.2) is 0 Å². The minimum Gasteiger partial charge on any atom is -0.378 e. The summed E-state index contributed by atoms with van der Waals surface area (Å²) in [5, 5.41) is 7.63. The van der Waals surface area contributed by atoms with Crippen LogP contribution in [-0.2, 0) is 0 Å². The Morgan fingerprint density at radius 3 is 2.83 bits per heavy atom. The van der Waals surface area contributed by atoms with Crippen LogP contribution in [0.4, 0.5) is 5.69 Å². The van der Waals surface area contributed by atoms with Gasteiger partial charge in [-0.05, 0) is 23.6 Å². The quantitative estimate of drug-likeness (QED) is 0.607. The van der Waals surface area contributed by atoms with E-state index in [0.29, 0.717) is 0 Å². The lowest BCUT2D eigenvalue weighted by Crippen LogP contribution is -2.10. The SMILES string of the molecule is CN(C)c1cccc(-c2cnc3sc(C(N)c4cccs4)nn23)c1. The van der Waals surface area contributed by atoms with Gasteiger partial charge in [-0.2, -0.15) is 5.10 Å². The van der Waals surface area contributed by atoms with Crippen LogP contribution in [-0.4, -0.2) is 28.7 Å². The van der Waals surface area contributed by atoms with Crippen molar-refractivity contribution in [2.24, 2.45) is 5.73 Å². The number of hydrogen-bond donors (Lipinski definition) is 1. The maximum atomic E-state index is 6.35. The highest BCUT2D eigenvalue weighted by molar-refractivity contribution is 7.17. The van der Waals surface area contributed by atoms with Gasteiger partial charge in [-0.15, -0.1) is 11.3 Å². The lowest BCUT2D eigenvalue weighted by atomic mass is 10.1. The molecule has 2 N–H and O–H groups in total. The van der Waals surface area contributed by atoms with Crippen molar-refractivity contribution >= 4 is 33.3 Å². The molecule has 4 rings (SSSR count). The van der Waals surface area contributed by atoms with Crippen molar-refractivity contribution in [1.82, 2.24) is 14.6 Å². The molecule has 0 bridgehead atoms. The molecule has 0 saturated heterocycles. The fraction of sp³-hybridized carbons (Fsp3) is 0.176. The number of nitrogens with zero attached hydrogens (tertiary/aromatic N) is 4. The molecule has 0 aliphatic rings. The average Bonchev–Trinajstić information content (AvgIpc) is 3.30. The van der Waals surface area contributed by atoms with Crippen molar-refractivity contribution in [3.05, 3.63) is 57.9 Å². The molecular weight excluding hydrogens is 338 g/mol. The molecule has 0 aliphatic carbocycles. The number of thiophene rings is 1. The summed E-state index contributed by atoms with van der Waals surface area (Å²) in [5.41, 5.74) is 9.57. The predicted molar refractivity (Wildman–Crippen MR) is 101 cm³/mol. The van der Waals surface area contributed by atoms with Gasteiger partial charge in [-0.25, -0.2) is 9.50 Å². The smallest absolute Gasteiger partial charge is 0.212 e. The Hall–Kier alpha value is -2.22. The highest BCUT2D eigenvalue weighted by Gasteiger charge is 2.18. The highest BCUT2D eigenvalue weighted by Crippen LogP contribution is 2.30. The zero-order chi connectivity index (χ0) is 16.7. The standard InChI is InChI=1S/C17H17N5S2/c1-21(2)12-6-3-5-11(9-12)13-10-19-17-22(13)20-16(24-17)15(18)14-7-4-8-23-14/h3-10,15H,18H2,1-2H3. The molecule has 0 amide bonds. The van der Waals surface area contributed by atoms with Crippen LogP contribution < -0.4 is 10.6 Å². The number of fused-ring (bicyclic) bond motifs is 1. The van der Waals surface area contributed by atoms with E-state index in [-0.39, 0.29) is 6.04 Å². The molecule has 3 heterocycles. The third-order valence-electron chi connectivity index (χ3n) is 3.88. The maximum Gasteiger partial charge on any atom is 0.212 e. The van der Waals surface area contributed by atoms with Gasteiger partial charge in [-0.3, -0.25) is 0 Å². The van der Waals surface area contributed by atoms with Crippen LogP contribution in [0.15, 0.2) is 48.0 Å². The largest absolute Gasteiger partial charge is 0.378 e. The Balaban J connectivity index is 1.76. The van der Waals surface area contributed by atoms with E-state index in [2.05, 4.69) is 34.1 Å². The Bertz CT molecular complexity index is 968. The Kier molecular flexibility index (Phi) is 3.84. The van der Waals surface area contributed by atoms with E-state index in [1.54, 1.807) is 22.7 Å². The van der Waals surface area contributed by atoms with Crippen molar-refractivity contribution in [2.45, 2.75) is 6.04 Å². The van der Waals surface area contributed by atoms with E-state index in [4.69, 9.17) is 10.8 Å². The van der Waals surface area contributed by atoms with E-state index in [1.807, 2.05) is 42.3 Å². The summed E-state index contributed by atoms with van der Waals surface area (Å²) in [6, 6.07) is 12.2. The number of imidazole rings is 1. The first-order valence-corrected chi connectivity index (χ1v) is 9.24. The number of rotatable bonds is 4. The number of aromatic nitrogens is 3. The first kappa shape index (κ1) is 15.3. The Labute approximate surface area is 148 Å². The maximum absolute atomic E-state index is 6.35. The van der Waals surface area contributed by atoms with Crippen LogP contribution in [0.1, 0.15) is 15.9 Å². The number of anilines is 1. The van der Waals surface area contributed by atoms with Gasteiger partial charge in [0.1, 0.15) is 5.01 Å². The summed E-state index contributed by atoms with van der Waals surface area (Å²) in [6.07, 6.45) is 1.87. The topological polar surface area (TPSA) is 59.5 Å². The second kappa shape index (κ2) is 6.01. The van der Waals surface area contributed by atoms with Crippen molar-refractivity contribution in [2.75, 3.05) is 19.0 Å². The van der Waals surface area contributed by atoms with E-state index < -0.39 is 0 Å². The summed E-state index contributed by atoms with van der Waals surface area (Å²) in [5.74, 6) is 0. The van der Waals surface area contributed by atoms with Crippen LogP contribution in [0.5, 0.6) is 0 Å². The molecule has 4 aromatic rings. The monoisotopic (exact) mass is 355 g/mol. The molecule has 122 valence electrons.